The van der Waals surface area contributed by atoms with Crippen molar-refractivity contribution in [2.45, 2.75) is 255 Å². The maximum Gasteiger partial charge on any atom is 0.332 e. The van der Waals surface area contributed by atoms with E-state index in [1.807, 2.05) is 0 Å². The summed E-state index contributed by atoms with van der Waals surface area (Å²) in [6.45, 7) is -1.07. The van der Waals surface area contributed by atoms with Crippen LogP contribution >= 0.6 is 0 Å². The Morgan fingerprint density at radius 3 is 1.40 bits per heavy atom. The van der Waals surface area contributed by atoms with E-state index < -0.39 is 291 Å². The highest BCUT2D eigenvalue weighted by Gasteiger charge is 2.60. The van der Waals surface area contributed by atoms with Gasteiger partial charge in [-0.15, -0.1) is 0 Å². The Bertz CT molecular complexity index is 2380. The average Bonchev–Trinajstić information content (AvgIpc) is 0.775. The number of nitrogens with one attached hydrogen (secondary N) is 3. The molecule has 0 aromatic heterocycles. The van der Waals surface area contributed by atoms with E-state index in [1.54, 1.807) is 0 Å². The average molecular weight is 1360 g/mol. The van der Waals surface area contributed by atoms with Gasteiger partial charge in [-0.3, -0.25) is 19.2 Å². The first kappa shape index (κ1) is 77.0. The molecule has 0 aromatic rings. The molecule has 36 atom stereocenters. The lowest BCUT2D eigenvalue weighted by molar-refractivity contribution is -0.448. The standard InChI is InChI=1S/C53H89N3O37/c1-15-20(67)6-53(81-14-63,92-42(15)31(69)21(68)7-57)93-46-34(72)23(9-59)83-51(41(46)79)90-45-26(12-62)86-49(30(37(45)75)56-19(5)66)91-47-39(77)32(70)22(8-58)84-52(47)80-13-27-33(71)38(76)40(78)50(87-27)89-44-25(11-61)85-48(29(36(44)74)55-18(4)65)88-43-24(10-60)82-16(2)28(35(43)73)54-17(3)64/h14-16,20-52,57-62,67-79H,6-13H2,1-5H3,(H,54,64)(H,55,65)(H,56,66)/t15-,16+,20-,21-,22?,23?,24?,25?,26+,27?,28?,29?,30?,31-,32-,33-,34+,35-,36-,37?,38+,39+,40?,41?,42?,43-,44-,45-,46+,47?,48+,49+,50+,51+,52+,53+/m1/s1. The molecule has 538 valence electrons. The van der Waals surface area contributed by atoms with Gasteiger partial charge in [0, 0.05) is 26.7 Å². The van der Waals surface area contributed by atoms with E-state index in [9.17, 15) is 116 Å². The van der Waals surface area contributed by atoms with Gasteiger partial charge >= 0.3 is 5.97 Å². The number of ether oxygens (including phenoxy) is 14. The van der Waals surface area contributed by atoms with Crippen LogP contribution in [-0.2, 0) is 85.5 Å². The molecule has 0 radical (unpaired) electrons. The smallest absolute Gasteiger partial charge is 0.332 e. The molecule has 22 N–H and O–H groups in total. The monoisotopic (exact) mass is 1360 g/mol. The van der Waals surface area contributed by atoms with Crippen LogP contribution in [0.15, 0.2) is 0 Å². The van der Waals surface area contributed by atoms with Crippen LogP contribution in [0.1, 0.15) is 41.0 Å². The molecule has 40 nitrogen and oxygen atoms in total. The molecule has 7 aliphatic rings. The fourth-order valence-electron chi connectivity index (χ4n) is 12.2. The van der Waals surface area contributed by atoms with Gasteiger partial charge in [0.05, 0.1) is 77.0 Å². The molecular weight excluding hydrogens is 1270 g/mol. The summed E-state index contributed by atoms with van der Waals surface area (Å²) in [5.41, 5.74) is 0. The summed E-state index contributed by atoms with van der Waals surface area (Å²) in [6, 6.07) is -4.65. The van der Waals surface area contributed by atoms with Crippen LogP contribution in [0.4, 0.5) is 0 Å². The second kappa shape index (κ2) is 33.4. The largest absolute Gasteiger partial charge is 0.410 e. The van der Waals surface area contributed by atoms with Gasteiger partial charge in [-0.2, -0.15) is 0 Å². The van der Waals surface area contributed by atoms with Crippen LogP contribution in [0.2, 0.25) is 0 Å². The van der Waals surface area contributed by atoms with E-state index in [0.29, 0.717) is 0 Å². The van der Waals surface area contributed by atoms with Gasteiger partial charge < -0.3 is 179 Å². The Hall–Kier alpha value is -3.40. The first-order chi connectivity index (χ1) is 43.9. The number of amides is 3. The molecule has 0 aromatic carbocycles. The predicted octanol–water partition coefficient (Wildman–Crippen LogP) is -14.2. The summed E-state index contributed by atoms with van der Waals surface area (Å²) < 4.78 is 81.6. The maximum atomic E-state index is 12.8. The molecule has 7 heterocycles. The number of carbonyl (C=O) groups excluding carboxylic acids is 4. The Morgan fingerprint density at radius 1 is 0.484 bits per heavy atom. The summed E-state index contributed by atoms with van der Waals surface area (Å²) in [5, 5.41) is 216. The van der Waals surface area contributed by atoms with Crippen LogP contribution < -0.4 is 16.0 Å². The van der Waals surface area contributed by atoms with Crippen LogP contribution in [0.25, 0.3) is 0 Å². The number of aliphatic hydroxyl groups is 19. The van der Waals surface area contributed by atoms with Gasteiger partial charge in [0.1, 0.15) is 152 Å². The van der Waals surface area contributed by atoms with Crippen LogP contribution in [0.3, 0.4) is 0 Å². The van der Waals surface area contributed by atoms with E-state index in [1.165, 1.54) is 20.8 Å². The third-order valence-corrected chi connectivity index (χ3v) is 17.2. The molecule has 7 saturated heterocycles. The quantitative estimate of drug-likeness (QED) is 0.0282. The van der Waals surface area contributed by atoms with Gasteiger partial charge in [0.15, 0.2) is 31.5 Å². The van der Waals surface area contributed by atoms with Crippen molar-refractivity contribution in [3.63, 3.8) is 0 Å². The second-order valence-electron chi connectivity index (χ2n) is 23.8. The van der Waals surface area contributed by atoms with Crippen molar-refractivity contribution in [3.8, 4) is 0 Å². The molecule has 0 saturated carbocycles. The highest BCUT2D eigenvalue weighted by atomic mass is 16.9. The number of rotatable bonds is 26. The fraction of sp³-hybridized carbons (Fsp3) is 0.925. The number of hydrogen-bond acceptors (Lipinski definition) is 37. The normalized spacial score (nSPS) is 47.2. The Labute approximate surface area is 529 Å². The van der Waals surface area contributed by atoms with Gasteiger partial charge in [-0.1, -0.05) is 6.92 Å². The summed E-state index contributed by atoms with van der Waals surface area (Å²) in [7, 11) is 0. The van der Waals surface area contributed by atoms with E-state index in [-0.39, 0.29) is 6.47 Å². The third kappa shape index (κ3) is 17.2. The first-order valence-corrected chi connectivity index (χ1v) is 29.9. The van der Waals surface area contributed by atoms with E-state index in [0.717, 1.165) is 13.8 Å². The minimum Gasteiger partial charge on any atom is -0.410 e. The number of hydrogen-bond donors (Lipinski definition) is 22. The van der Waals surface area contributed by atoms with Crippen molar-refractivity contribution in [1.29, 1.82) is 0 Å². The van der Waals surface area contributed by atoms with Crippen LogP contribution in [0.5, 0.6) is 0 Å². The summed E-state index contributed by atoms with van der Waals surface area (Å²) in [6.07, 6.45) is -59.2. The molecule has 13 unspecified atom stereocenters. The van der Waals surface area contributed by atoms with Crippen molar-refractivity contribution < 1.29 is 183 Å². The molecular formula is C53H89N3O37. The topological polar surface area (TPSA) is 618 Å². The molecule has 0 bridgehead atoms. The molecule has 3 amide bonds. The zero-order chi connectivity index (χ0) is 68.8. The lowest BCUT2D eigenvalue weighted by atomic mass is 9.87. The fourth-order valence-corrected chi connectivity index (χ4v) is 12.2. The zero-order valence-corrected chi connectivity index (χ0v) is 50.8. The Balaban J connectivity index is 1.08. The van der Waals surface area contributed by atoms with Crippen LogP contribution in [-0.4, -0.2) is 382 Å². The van der Waals surface area contributed by atoms with Crippen molar-refractivity contribution in [3.05, 3.63) is 0 Å². The Kier molecular flexibility index (Phi) is 27.7. The van der Waals surface area contributed by atoms with E-state index in [2.05, 4.69) is 16.0 Å². The molecule has 7 aliphatic heterocycles. The zero-order valence-electron chi connectivity index (χ0n) is 50.8. The number of aliphatic hydroxyl groups excluding tert-OH is 19. The third-order valence-electron chi connectivity index (χ3n) is 17.2. The SMILES string of the molecule is CC(=O)NC1C(O)[C@H](O[C@@H]2OC(CO)[C@H](O)[C@H](O[C@]3(OC=O)C[C@@H](O)[C@@H](C)C([C@H](O)[C@H](O)CO)O3)C2O)[C@H](CO)O[C@H]1OC1[C@@H](OCC2O[C@@H](O[C@@H]3C(CO)O[C@@H](O[C@@H]4C(CO)O[C@@H](C)C(NC(C)=O)[C@H]4O)C(NC(C)=O)[C@H]3O)C(O)[C@@H](O)[C@@H]2O)OC(CO)[C@@H](O)[C@@H]1O. The highest BCUT2D eigenvalue weighted by molar-refractivity contribution is 5.74. The lowest BCUT2D eigenvalue weighted by Gasteiger charge is -2.51. The van der Waals surface area contributed by atoms with Gasteiger partial charge in [0.25, 0.3) is 6.47 Å². The molecule has 0 aliphatic carbocycles. The maximum absolute atomic E-state index is 12.8. The number of carbonyl (C=O) groups is 4. The summed E-state index contributed by atoms with van der Waals surface area (Å²) in [5.74, 6) is -6.11. The van der Waals surface area contributed by atoms with Gasteiger partial charge in [-0.25, -0.2) is 0 Å². The van der Waals surface area contributed by atoms with Crippen molar-refractivity contribution >= 4 is 24.2 Å². The summed E-state index contributed by atoms with van der Waals surface area (Å²) >= 11 is 0. The van der Waals surface area contributed by atoms with Crippen molar-refractivity contribution in [2.75, 3.05) is 46.2 Å². The lowest BCUT2D eigenvalue weighted by Crippen LogP contribution is -2.70. The summed E-state index contributed by atoms with van der Waals surface area (Å²) in [4.78, 5) is 49.3. The molecule has 93 heavy (non-hydrogen) atoms. The minimum atomic E-state index is -2.80. The molecule has 40 heteroatoms. The van der Waals surface area contributed by atoms with E-state index in [4.69, 9.17) is 66.3 Å². The van der Waals surface area contributed by atoms with Crippen molar-refractivity contribution in [1.82, 2.24) is 16.0 Å². The predicted molar refractivity (Wildman–Crippen MR) is 290 cm³/mol. The molecule has 7 rings (SSSR count). The Morgan fingerprint density at radius 2 is 0.903 bits per heavy atom. The second-order valence-corrected chi connectivity index (χ2v) is 23.8. The van der Waals surface area contributed by atoms with E-state index >= 15 is 0 Å². The van der Waals surface area contributed by atoms with Gasteiger partial charge in [0.2, 0.25) is 17.7 Å². The van der Waals surface area contributed by atoms with Gasteiger partial charge in [-0.05, 0) is 6.92 Å². The highest BCUT2D eigenvalue weighted by Crippen LogP contribution is 2.41. The molecule has 0 spiro atoms. The minimum absolute atomic E-state index is 0.215. The van der Waals surface area contributed by atoms with Crippen molar-refractivity contribution in [2.24, 2.45) is 5.92 Å². The van der Waals surface area contributed by atoms with Crippen LogP contribution in [0, 0.1) is 5.92 Å². The molecule has 7 fully saturated rings. The first-order valence-electron chi connectivity index (χ1n) is 29.9.